The topological polar surface area (TPSA) is 80.9 Å². The predicted octanol–water partition coefficient (Wildman–Crippen LogP) is 2.17. The lowest BCUT2D eigenvalue weighted by molar-refractivity contribution is -0.137. The Kier molecular flexibility index (Phi) is 4.11. The summed E-state index contributed by atoms with van der Waals surface area (Å²) in [5, 5.41) is 20.7. The number of aliphatic carboxylic acids is 1. The summed E-state index contributed by atoms with van der Waals surface area (Å²) >= 11 is 5.98. The van der Waals surface area contributed by atoms with Crippen molar-refractivity contribution < 1.29 is 9.90 Å². The van der Waals surface area contributed by atoms with Crippen molar-refractivity contribution in [1.82, 2.24) is 20.2 Å². The Morgan fingerprint density at radius 3 is 3.00 bits per heavy atom. The van der Waals surface area contributed by atoms with Crippen molar-refractivity contribution in [2.24, 2.45) is 0 Å². The smallest absolute Gasteiger partial charge is 0.303 e. The van der Waals surface area contributed by atoms with Gasteiger partial charge in [-0.15, -0.1) is 5.10 Å². The monoisotopic (exact) mass is 280 g/mol. The Morgan fingerprint density at radius 2 is 2.26 bits per heavy atom. The van der Waals surface area contributed by atoms with Gasteiger partial charge in [0.2, 0.25) is 0 Å². The van der Waals surface area contributed by atoms with Crippen LogP contribution in [0.4, 0.5) is 0 Å². The summed E-state index contributed by atoms with van der Waals surface area (Å²) in [4.78, 5) is 10.5. The molecule has 0 saturated carbocycles. The van der Waals surface area contributed by atoms with Crippen LogP contribution < -0.4 is 0 Å². The van der Waals surface area contributed by atoms with Gasteiger partial charge in [-0.1, -0.05) is 17.7 Å². The quantitative estimate of drug-likeness (QED) is 0.908. The van der Waals surface area contributed by atoms with Crippen LogP contribution in [0, 0.1) is 6.92 Å². The second-order valence-electron chi connectivity index (χ2n) is 4.18. The van der Waals surface area contributed by atoms with Crippen LogP contribution >= 0.6 is 11.6 Å². The second kappa shape index (κ2) is 5.79. The molecule has 2 aromatic rings. The summed E-state index contributed by atoms with van der Waals surface area (Å²) in [7, 11) is 0. The molecule has 0 amide bonds. The van der Waals surface area contributed by atoms with Crippen molar-refractivity contribution in [1.29, 1.82) is 0 Å². The highest BCUT2D eigenvalue weighted by Gasteiger charge is 2.12. The molecule has 0 aliphatic heterocycles. The highest BCUT2D eigenvalue weighted by atomic mass is 35.5. The first kappa shape index (κ1) is 13.5. The number of benzene rings is 1. The van der Waals surface area contributed by atoms with Crippen LogP contribution in [0.15, 0.2) is 18.2 Å². The van der Waals surface area contributed by atoms with Crippen LogP contribution in [0.5, 0.6) is 0 Å². The zero-order valence-corrected chi connectivity index (χ0v) is 11.1. The van der Waals surface area contributed by atoms with E-state index >= 15 is 0 Å². The first-order valence-electron chi connectivity index (χ1n) is 5.82. The van der Waals surface area contributed by atoms with Gasteiger partial charge in [-0.25, -0.2) is 4.68 Å². The summed E-state index contributed by atoms with van der Waals surface area (Å²) in [6.45, 7) is 2.41. The maximum atomic E-state index is 10.5. The molecular weight excluding hydrogens is 268 g/mol. The van der Waals surface area contributed by atoms with E-state index in [4.69, 9.17) is 16.7 Å². The Hall–Kier alpha value is -1.95. The van der Waals surface area contributed by atoms with Gasteiger partial charge in [-0.3, -0.25) is 4.79 Å². The fourth-order valence-electron chi connectivity index (χ4n) is 1.76. The van der Waals surface area contributed by atoms with Gasteiger partial charge in [0.15, 0.2) is 5.82 Å². The molecule has 0 saturated heterocycles. The Balaban J connectivity index is 2.23. The van der Waals surface area contributed by atoms with Crippen LogP contribution in [0.3, 0.4) is 0 Å². The molecule has 100 valence electrons. The summed E-state index contributed by atoms with van der Waals surface area (Å²) in [5.41, 5.74) is 1.87. The van der Waals surface area contributed by atoms with Crippen LogP contribution in [0.2, 0.25) is 5.02 Å². The van der Waals surface area contributed by atoms with Gasteiger partial charge in [-0.2, -0.15) is 0 Å². The summed E-state index contributed by atoms with van der Waals surface area (Å²) in [6.07, 6.45) is 0.570. The average molecular weight is 281 g/mol. The van der Waals surface area contributed by atoms with E-state index in [0.29, 0.717) is 23.8 Å². The third-order valence-electron chi connectivity index (χ3n) is 2.73. The van der Waals surface area contributed by atoms with E-state index in [2.05, 4.69) is 15.5 Å². The van der Waals surface area contributed by atoms with Gasteiger partial charge < -0.3 is 5.11 Å². The zero-order chi connectivity index (χ0) is 13.8. The van der Waals surface area contributed by atoms with E-state index in [9.17, 15) is 4.79 Å². The molecule has 0 radical (unpaired) electrons. The summed E-state index contributed by atoms with van der Waals surface area (Å²) < 4.78 is 1.60. The van der Waals surface area contributed by atoms with Crippen LogP contribution in [0.1, 0.15) is 18.4 Å². The number of aromatic nitrogens is 4. The molecule has 0 aliphatic carbocycles. The minimum atomic E-state index is -0.825. The van der Waals surface area contributed by atoms with Crippen LogP contribution in [-0.4, -0.2) is 31.3 Å². The zero-order valence-electron chi connectivity index (χ0n) is 10.4. The lowest BCUT2D eigenvalue weighted by atomic mass is 10.1. The molecule has 1 N–H and O–H groups in total. The highest BCUT2D eigenvalue weighted by Crippen LogP contribution is 2.24. The lowest BCUT2D eigenvalue weighted by Gasteiger charge is -2.07. The number of aryl methyl sites for hydroxylation is 2. The normalized spacial score (nSPS) is 10.6. The highest BCUT2D eigenvalue weighted by molar-refractivity contribution is 6.30. The number of carboxylic acid groups (broad SMARTS) is 1. The van der Waals surface area contributed by atoms with E-state index < -0.39 is 5.97 Å². The van der Waals surface area contributed by atoms with Gasteiger partial charge in [0.1, 0.15) is 0 Å². The molecule has 19 heavy (non-hydrogen) atoms. The third kappa shape index (κ3) is 3.29. The van der Waals surface area contributed by atoms with Crippen LogP contribution in [-0.2, 0) is 11.3 Å². The minimum Gasteiger partial charge on any atom is -0.481 e. The fourth-order valence-corrected chi connectivity index (χ4v) is 1.94. The number of tetrazole rings is 1. The van der Waals surface area contributed by atoms with E-state index in [0.717, 1.165) is 11.1 Å². The Bertz CT molecular complexity index is 597. The van der Waals surface area contributed by atoms with Crippen molar-refractivity contribution in [2.75, 3.05) is 0 Å². The Morgan fingerprint density at radius 1 is 1.47 bits per heavy atom. The molecule has 0 fully saturated rings. The molecule has 6 nitrogen and oxygen atoms in total. The number of hydrogen-bond donors (Lipinski definition) is 1. The first-order chi connectivity index (χ1) is 9.08. The fraction of sp³-hybridized carbons (Fsp3) is 0.333. The lowest BCUT2D eigenvalue weighted by Crippen LogP contribution is -2.06. The molecular formula is C12H13ClN4O2. The second-order valence-corrected chi connectivity index (χ2v) is 4.62. The van der Waals surface area contributed by atoms with Gasteiger partial charge in [0.25, 0.3) is 0 Å². The van der Waals surface area contributed by atoms with E-state index in [1.165, 1.54) is 0 Å². The average Bonchev–Trinajstić information content (AvgIpc) is 2.80. The summed E-state index contributed by atoms with van der Waals surface area (Å²) in [5.74, 6) is -0.223. The Labute approximate surface area is 115 Å². The molecule has 0 unspecified atom stereocenters. The number of carbonyl (C=O) groups is 1. The van der Waals surface area contributed by atoms with Gasteiger partial charge >= 0.3 is 5.97 Å². The van der Waals surface area contributed by atoms with Gasteiger partial charge in [-0.05, 0) is 41.5 Å². The van der Waals surface area contributed by atoms with E-state index in [1.54, 1.807) is 16.8 Å². The van der Waals surface area contributed by atoms with E-state index in [-0.39, 0.29) is 6.42 Å². The maximum absolute atomic E-state index is 10.5. The van der Waals surface area contributed by atoms with Gasteiger partial charge in [0.05, 0.1) is 0 Å². The molecule has 0 atom stereocenters. The van der Waals surface area contributed by atoms with E-state index in [1.807, 2.05) is 13.0 Å². The van der Waals surface area contributed by atoms with Crippen molar-refractivity contribution in [3.8, 4) is 11.4 Å². The number of rotatable bonds is 5. The number of halogens is 1. The minimum absolute atomic E-state index is 0.0911. The van der Waals surface area contributed by atoms with Crippen molar-refractivity contribution in [2.45, 2.75) is 26.3 Å². The van der Waals surface area contributed by atoms with Crippen LogP contribution in [0.25, 0.3) is 11.4 Å². The van der Waals surface area contributed by atoms with Crippen molar-refractivity contribution in [3.05, 3.63) is 28.8 Å². The number of carboxylic acids is 1. The summed E-state index contributed by atoms with van der Waals surface area (Å²) in [6, 6.07) is 5.50. The molecule has 1 aromatic heterocycles. The standard InChI is InChI=1S/C12H13ClN4O2/c1-8-4-5-9(13)7-10(8)12-14-15-16-17(12)6-2-3-11(18)19/h4-5,7H,2-3,6H2,1H3,(H,18,19). The molecule has 1 heterocycles. The molecule has 0 spiro atoms. The largest absolute Gasteiger partial charge is 0.481 e. The van der Waals surface area contributed by atoms with Gasteiger partial charge in [0, 0.05) is 23.6 Å². The maximum Gasteiger partial charge on any atom is 0.303 e. The number of nitrogens with zero attached hydrogens (tertiary/aromatic N) is 4. The number of hydrogen-bond acceptors (Lipinski definition) is 4. The predicted molar refractivity (Wildman–Crippen MR) is 69.9 cm³/mol. The molecule has 2 rings (SSSR count). The van der Waals surface area contributed by atoms with Crippen molar-refractivity contribution in [3.63, 3.8) is 0 Å². The molecule has 0 aliphatic rings. The van der Waals surface area contributed by atoms with Crippen molar-refractivity contribution >= 4 is 17.6 Å². The molecule has 1 aromatic carbocycles. The third-order valence-corrected chi connectivity index (χ3v) is 2.97. The molecule has 0 bridgehead atoms. The first-order valence-corrected chi connectivity index (χ1v) is 6.20. The molecule has 7 heteroatoms. The SMILES string of the molecule is Cc1ccc(Cl)cc1-c1nnnn1CCCC(=O)O.